The third kappa shape index (κ3) is 10.3. The molecule has 0 saturated carbocycles. The molecule has 48 heavy (non-hydrogen) atoms. The molecule has 0 aliphatic rings. The van der Waals surface area contributed by atoms with E-state index in [9.17, 15) is 19.2 Å². The number of carbonyl (C=O) groups is 4. The maximum Gasteiger partial charge on any atom is 0.308 e. The lowest BCUT2D eigenvalue weighted by Crippen LogP contribution is -2.16. The lowest BCUT2D eigenvalue weighted by Gasteiger charge is -2.07. The number of hydrogen-bond donors (Lipinski definition) is 1. The molecular formula is C36H43BrO9S2. The van der Waals surface area contributed by atoms with Crippen LogP contribution >= 0.6 is 38.6 Å². The Hall–Kier alpha value is -3.32. The van der Waals surface area contributed by atoms with E-state index in [0.29, 0.717) is 22.6 Å². The number of esters is 2. The summed E-state index contributed by atoms with van der Waals surface area (Å²) < 4.78 is 22.2. The van der Waals surface area contributed by atoms with Gasteiger partial charge in [0.2, 0.25) is 0 Å². The normalized spacial score (nSPS) is 12.2. The van der Waals surface area contributed by atoms with Gasteiger partial charge in [-0.1, -0.05) is 29.8 Å². The van der Waals surface area contributed by atoms with Crippen LogP contribution in [0.5, 0.6) is 11.5 Å². The highest BCUT2D eigenvalue weighted by atomic mass is 79.9. The average Bonchev–Trinajstić information content (AvgIpc) is 3.71. The second-order valence-electron chi connectivity index (χ2n) is 11.3. The summed E-state index contributed by atoms with van der Waals surface area (Å²) in [5.74, 6) is -0.105. The van der Waals surface area contributed by atoms with Gasteiger partial charge in [0.05, 0.1) is 50.0 Å². The van der Waals surface area contributed by atoms with E-state index >= 15 is 0 Å². The molecule has 2 aromatic heterocycles. The SMILES string of the molecule is COC(=O)[C@@H](C)CC(=O)c1cc2cc(CCCBr)c(OC)cc2s1.COC(=O)[C@@H](C)CC(=O)c1cc2cc(CCCO)c(OC)cc2s1. The summed E-state index contributed by atoms with van der Waals surface area (Å²) in [5, 5.41) is 12.0. The Balaban J connectivity index is 0.000000260. The average molecular weight is 764 g/mol. The molecule has 0 unspecified atom stereocenters. The second-order valence-corrected chi connectivity index (χ2v) is 14.3. The maximum absolute atomic E-state index is 12.4. The number of halogens is 1. The van der Waals surface area contributed by atoms with E-state index in [4.69, 9.17) is 14.6 Å². The van der Waals surface area contributed by atoms with Crippen molar-refractivity contribution >= 4 is 82.3 Å². The van der Waals surface area contributed by atoms with Gasteiger partial charge in [0.1, 0.15) is 11.5 Å². The predicted octanol–water partition coefficient (Wildman–Crippen LogP) is 7.84. The fourth-order valence-electron chi connectivity index (χ4n) is 5.13. The molecule has 0 spiro atoms. The molecule has 12 heteroatoms. The summed E-state index contributed by atoms with van der Waals surface area (Å²) in [4.78, 5) is 49.1. The largest absolute Gasteiger partial charge is 0.496 e. The molecule has 260 valence electrons. The third-order valence-corrected chi connectivity index (χ3v) is 10.6. The van der Waals surface area contributed by atoms with Crippen LogP contribution in [0, 0.1) is 11.8 Å². The van der Waals surface area contributed by atoms with Crippen LogP contribution in [-0.4, -0.2) is 69.0 Å². The number of ether oxygens (including phenoxy) is 4. The number of aliphatic hydroxyl groups excluding tert-OH is 1. The summed E-state index contributed by atoms with van der Waals surface area (Å²) in [5.41, 5.74) is 2.16. The van der Waals surface area contributed by atoms with Gasteiger partial charge >= 0.3 is 11.9 Å². The van der Waals surface area contributed by atoms with Crippen LogP contribution in [0.3, 0.4) is 0 Å². The van der Waals surface area contributed by atoms with Crippen LogP contribution in [0.25, 0.3) is 20.2 Å². The van der Waals surface area contributed by atoms with E-state index in [-0.39, 0.29) is 43.0 Å². The summed E-state index contributed by atoms with van der Waals surface area (Å²) in [6.45, 7) is 3.52. The Bertz CT molecular complexity index is 1600. The smallest absolute Gasteiger partial charge is 0.308 e. The maximum atomic E-state index is 12.4. The molecule has 0 aliphatic carbocycles. The quantitative estimate of drug-likeness (QED) is 0.0691. The Morgan fingerprint density at radius 3 is 1.46 bits per heavy atom. The lowest BCUT2D eigenvalue weighted by atomic mass is 10.0. The van der Waals surface area contributed by atoms with E-state index in [1.165, 1.54) is 36.9 Å². The number of hydrogen-bond acceptors (Lipinski definition) is 11. The zero-order valence-electron chi connectivity index (χ0n) is 28.2. The number of Topliss-reactive ketones (excluding diaryl/α,β-unsaturated/α-hetero) is 2. The molecule has 0 aliphatic heterocycles. The topological polar surface area (TPSA) is 125 Å². The number of aliphatic hydroxyl groups is 1. The van der Waals surface area contributed by atoms with Gasteiger partial charge < -0.3 is 24.1 Å². The van der Waals surface area contributed by atoms with Crippen LogP contribution in [0.1, 0.15) is 70.0 Å². The van der Waals surface area contributed by atoms with Gasteiger partial charge in [-0.2, -0.15) is 0 Å². The van der Waals surface area contributed by atoms with Crippen LogP contribution in [-0.2, 0) is 31.9 Å². The summed E-state index contributed by atoms with van der Waals surface area (Å²) >= 11 is 6.28. The lowest BCUT2D eigenvalue weighted by molar-refractivity contribution is -0.145. The molecule has 2 heterocycles. The van der Waals surface area contributed by atoms with E-state index in [0.717, 1.165) is 61.0 Å². The molecule has 4 rings (SSSR count). The van der Waals surface area contributed by atoms with E-state index < -0.39 is 11.8 Å². The highest BCUT2D eigenvalue weighted by molar-refractivity contribution is 9.09. The predicted molar refractivity (Wildman–Crippen MR) is 195 cm³/mol. The van der Waals surface area contributed by atoms with Gasteiger partial charge in [0, 0.05) is 34.2 Å². The third-order valence-electron chi connectivity index (χ3n) is 7.76. The summed E-state index contributed by atoms with van der Waals surface area (Å²) in [6, 6.07) is 11.8. The minimum atomic E-state index is -0.456. The van der Waals surface area contributed by atoms with Crippen LogP contribution < -0.4 is 9.47 Å². The first-order valence-electron chi connectivity index (χ1n) is 15.6. The number of aryl methyl sites for hydroxylation is 2. The molecule has 0 saturated heterocycles. The monoisotopic (exact) mass is 762 g/mol. The van der Waals surface area contributed by atoms with Gasteiger partial charge in [0.25, 0.3) is 0 Å². The molecular weight excluding hydrogens is 720 g/mol. The highest BCUT2D eigenvalue weighted by Crippen LogP contribution is 2.35. The van der Waals surface area contributed by atoms with Gasteiger partial charge in [-0.3, -0.25) is 19.2 Å². The van der Waals surface area contributed by atoms with Crippen molar-refractivity contribution in [2.45, 2.75) is 52.4 Å². The first kappa shape index (κ1) is 39.1. The molecule has 4 aromatic rings. The summed E-state index contributed by atoms with van der Waals surface area (Å²) in [6.07, 6.45) is 3.61. The molecule has 0 radical (unpaired) electrons. The number of ketones is 2. The van der Waals surface area contributed by atoms with Gasteiger partial charge in [-0.05, 0) is 84.0 Å². The standard InChI is InChI=1S/C18H21BrO4S.C18H22O5S/c2*1-11(18(21)23-3)7-14(20)17-9-13-8-12(5-4-6-19)15(22-2)10-16(13)24-17/h8-11H,4-7H2,1-3H3;8-11,19H,4-7H2,1-3H3/t2*11-/m00/s1. The Morgan fingerprint density at radius 2 is 1.10 bits per heavy atom. The second kappa shape index (κ2) is 19.0. The Kier molecular flexibility index (Phi) is 15.5. The van der Waals surface area contributed by atoms with E-state index in [2.05, 4.69) is 31.5 Å². The van der Waals surface area contributed by atoms with Crippen molar-refractivity contribution in [1.29, 1.82) is 0 Å². The number of thiophene rings is 2. The minimum absolute atomic E-state index is 0.0323. The molecule has 2 aromatic carbocycles. The van der Waals surface area contributed by atoms with Gasteiger partial charge in [-0.15, -0.1) is 22.7 Å². The Morgan fingerprint density at radius 1 is 0.688 bits per heavy atom. The number of carbonyl (C=O) groups excluding carboxylic acids is 4. The first-order chi connectivity index (χ1) is 23.0. The molecule has 2 atom stereocenters. The van der Waals surface area contributed by atoms with Crippen molar-refractivity contribution in [2.75, 3.05) is 40.4 Å². The van der Waals surface area contributed by atoms with Crippen molar-refractivity contribution in [3.8, 4) is 11.5 Å². The zero-order valence-corrected chi connectivity index (χ0v) is 31.4. The number of methoxy groups -OCH3 is 4. The fourth-order valence-corrected chi connectivity index (χ4v) is 7.45. The van der Waals surface area contributed by atoms with Crippen molar-refractivity contribution in [3.05, 3.63) is 57.3 Å². The zero-order chi connectivity index (χ0) is 35.4. The van der Waals surface area contributed by atoms with Crippen molar-refractivity contribution in [3.63, 3.8) is 0 Å². The van der Waals surface area contributed by atoms with Gasteiger partial charge in [-0.25, -0.2) is 0 Å². The number of benzene rings is 2. The molecule has 0 amide bonds. The van der Waals surface area contributed by atoms with Crippen molar-refractivity contribution < 1.29 is 43.2 Å². The van der Waals surface area contributed by atoms with E-state index in [1.54, 1.807) is 28.1 Å². The number of alkyl halides is 1. The van der Waals surface area contributed by atoms with Crippen LogP contribution in [0.4, 0.5) is 0 Å². The first-order valence-corrected chi connectivity index (χ1v) is 18.3. The van der Waals surface area contributed by atoms with Crippen LogP contribution in [0.2, 0.25) is 0 Å². The molecule has 9 nitrogen and oxygen atoms in total. The van der Waals surface area contributed by atoms with Gasteiger partial charge in [0.15, 0.2) is 11.6 Å². The minimum Gasteiger partial charge on any atom is -0.496 e. The number of rotatable bonds is 16. The molecule has 0 fully saturated rings. The number of fused-ring (bicyclic) bond motifs is 2. The Labute approximate surface area is 297 Å². The van der Waals surface area contributed by atoms with E-state index in [1.807, 2.05) is 30.3 Å². The van der Waals surface area contributed by atoms with Crippen molar-refractivity contribution in [1.82, 2.24) is 0 Å². The molecule has 0 bridgehead atoms. The fraction of sp³-hybridized carbons (Fsp3) is 0.444. The molecule has 1 N–H and O–H groups in total. The van der Waals surface area contributed by atoms with Crippen molar-refractivity contribution in [2.24, 2.45) is 11.8 Å². The van der Waals surface area contributed by atoms with Crippen LogP contribution in [0.15, 0.2) is 36.4 Å². The summed E-state index contributed by atoms with van der Waals surface area (Å²) in [7, 11) is 5.93. The highest BCUT2D eigenvalue weighted by Gasteiger charge is 2.22.